The number of anilines is 1. The third-order valence-corrected chi connectivity index (χ3v) is 2.53. The molecule has 0 saturated heterocycles. The minimum atomic E-state index is -0.127. The zero-order valence-corrected chi connectivity index (χ0v) is 7.76. The van der Waals surface area contributed by atoms with Crippen LogP contribution in [-0.4, -0.2) is 22.2 Å². The molecule has 2 rings (SSSR count). The number of hydrogen-bond donors (Lipinski definition) is 2. The number of rotatable bonds is 0. The molecule has 0 saturated carbocycles. The number of nitrogen functional groups attached to an aromatic ring is 1. The normalized spacial score (nSPS) is 15.6. The second kappa shape index (κ2) is 2.48. The first-order valence-electron chi connectivity index (χ1n) is 3.50. The monoisotopic (exact) mass is 230 g/mol. The van der Waals surface area contributed by atoms with Crippen LogP contribution in [0.5, 0.6) is 0 Å². The lowest BCUT2D eigenvalue weighted by atomic mass is 10.3. The second-order valence-corrected chi connectivity index (χ2v) is 3.32. The van der Waals surface area contributed by atoms with E-state index in [4.69, 9.17) is 5.73 Å². The fourth-order valence-electron chi connectivity index (χ4n) is 1.20. The van der Waals surface area contributed by atoms with Crippen molar-refractivity contribution in [2.24, 2.45) is 0 Å². The summed E-state index contributed by atoms with van der Waals surface area (Å²) in [6, 6.07) is 0. The van der Waals surface area contributed by atoms with E-state index in [2.05, 4.69) is 26.3 Å². The number of aromatic nitrogens is 2. The smallest absolute Gasteiger partial charge is 0.270 e. The highest BCUT2D eigenvalue weighted by Crippen LogP contribution is 2.24. The summed E-state index contributed by atoms with van der Waals surface area (Å²) in [4.78, 5) is 11.3. The molecule has 0 radical (unpaired) electrons. The van der Waals surface area contributed by atoms with Crippen molar-refractivity contribution in [3.63, 3.8) is 0 Å². The second-order valence-electron chi connectivity index (χ2n) is 2.53. The molecular formula is C6H7BrN4O. The van der Waals surface area contributed by atoms with Crippen LogP contribution in [-0.2, 0) is 6.54 Å². The molecule has 12 heavy (non-hydrogen) atoms. The summed E-state index contributed by atoms with van der Waals surface area (Å²) in [6.07, 6.45) is 0. The van der Waals surface area contributed by atoms with Crippen molar-refractivity contribution >= 4 is 27.7 Å². The minimum absolute atomic E-state index is 0.127. The molecule has 1 aromatic heterocycles. The van der Waals surface area contributed by atoms with Gasteiger partial charge in [-0.05, 0) is 15.9 Å². The van der Waals surface area contributed by atoms with Crippen molar-refractivity contribution in [3.05, 3.63) is 10.2 Å². The molecule has 64 valence electrons. The molecule has 0 atom stereocenters. The van der Waals surface area contributed by atoms with Crippen molar-refractivity contribution < 1.29 is 4.79 Å². The van der Waals surface area contributed by atoms with E-state index in [0.29, 0.717) is 29.1 Å². The molecule has 1 aromatic rings. The maximum atomic E-state index is 11.3. The van der Waals surface area contributed by atoms with Gasteiger partial charge in [0.05, 0.1) is 11.0 Å². The Morgan fingerprint density at radius 3 is 3.08 bits per heavy atom. The van der Waals surface area contributed by atoms with E-state index in [1.54, 1.807) is 4.68 Å². The summed E-state index contributed by atoms with van der Waals surface area (Å²) in [7, 11) is 0. The Morgan fingerprint density at radius 1 is 1.67 bits per heavy atom. The molecule has 1 aliphatic rings. The zero-order valence-electron chi connectivity index (χ0n) is 6.17. The van der Waals surface area contributed by atoms with Crippen LogP contribution in [0, 0.1) is 0 Å². The number of halogens is 1. The Morgan fingerprint density at radius 2 is 2.42 bits per heavy atom. The van der Waals surface area contributed by atoms with Gasteiger partial charge in [-0.15, -0.1) is 0 Å². The summed E-state index contributed by atoms with van der Waals surface area (Å²) in [5.41, 5.74) is 6.04. The number of carbonyl (C=O) groups is 1. The predicted octanol–water partition coefficient (Wildman–Crippen LogP) is -0.0288. The Hall–Kier alpha value is -1.04. The first-order valence-corrected chi connectivity index (χ1v) is 4.29. The number of nitrogens with two attached hydrogens (primary N) is 1. The molecule has 2 heterocycles. The molecule has 3 N–H and O–H groups in total. The van der Waals surface area contributed by atoms with Gasteiger partial charge in [-0.2, -0.15) is 5.10 Å². The quantitative estimate of drug-likeness (QED) is 0.658. The van der Waals surface area contributed by atoms with Crippen LogP contribution in [0.25, 0.3) is 0 Å². The van der Waals surface area contributed by atoms with Crippen molar-refractivity contribution in [2.45, 2.75) is 6.54 Å². The molecule has 5 nitrogen and oxygen atoms in total. The van der Waals surface area contributed by atoms with Crippen molar-refractivity contribution in [1.82, 2.24) is 15.1 Å². The van der Waals surface area contributed by atoms with E-state index in [-0.39, 0.29) is 5.91 Å². The average molecular weight is 231 g/mol. The van der Waals surface area contributed by atoms with Gasteiger partial charge in [0.2, 0.25) is 0 Å². The molecular weight excluding hydrogens is 224 g/mol. The van der Waals surface area contributed by atoms with Gasteiger partial charge in [0.1, 0.15) is 5.69 Å². The van der Waals surface area contributed by atoms with E-state index in [1.807, 2.05) is 0 Å². The third kappa shape index (κ3) is 0.911. The number of hydrogen-bond acceptors (Lipinski definition) is 3. The lowest BCUT2D eigenvalue weighted by molar-refractivity contribution is 0.0923. The average Bonchev–Trinajstić information content (AvgIpc) is 2.29. The van der Waals surface area contributed by atoms with Crippen molar-refractivity contribution in [2.75, 3.05) is 12.3 Å². The van der Waals surface area contributed by atoms with Crippen molar-refractivity contribution in [1.29, 1.82) is 0 Å². The Bertz CT molecular complexity index is 346. The Labute approximate surface area is 77.0 Å². The number of amides is 1. The molecule has 1 amide bonds. The first-order chi connectivity index (χ1) is 5.70. The number of nitrogens with one attached hydrogen (secondary N) is 1. The molecule has 0 aromatic carbocycles. The lowest BCUT2D eigenvalue weighted by Gasteiger charge is -2.13. The summed E-state index contributed by atoms with van der Waals surface area (Å²) >= 11 is 3.21. The van der Waals surface area contributed by atoms with Crippen LogP contribution in [0.2, 0.25) is 0 Å². The first kappa shape index (κ1) is 7.60. The maximum absolute atomic E-state index is 11.3. The topological polar surface area (TPSA) is 72.9 Å². The van der Waals surface area contributed by atoms with E-state index in [1.165, 1.54) is 0 Å². The van der Waals surface area contributed by atoms with Crippen LogP contribution in [0.4, 0.5) is 5.82 Å². The van der Waals surface area contributed by atoms with Gasteiger partial charge >= 0.3 is 0 Å². The Kier molecular flexibility index (Phi) is 1.57. The van der Waals surface area contributed by atoms with Crippen LogP contribution in [0.1, 0.15) is 10.5 Å². The fourth-order valence-corrected chi connectivity index (χ4v) is 1.66. The van der Waals surface area contributed by atoms with E-state index >= 15 is 0 Å². The summed E-state index contributed by atoms with van der Waals surface area (Å²) < 4.78 is 2.19. The van der Waals surface area contributed by atoms with Crippen LogP contribution in [0.3, 0.4) is 0 Å². The van der Waals surface area contributed by atoms with Gasteiger partial charge in [-0.25, -0.2) is 0 Å². The number of nitrogens with zero attached hydrogens (tertiary/aromatic N) is 2. The zero-order chi connectivity index (χ0) is 8.72. The van der Waals surface area contributed by atoms with E-state index in [0.717, 1.165) is 0 Å². The van der Waals surface area contributed by atoms with Gasteiger partial charge in [0.15, 0.2) is 5.82 Å². The van der Waals surface area contributed by atoms with Gasteiger partial charge in [-0.3, -0.25) is 9.48 Å². The van der Waals surface area contributed by atoms with Gasteiger partial charge < -0.3 is 11.1 Å². The van der Waals surface area contributed by atoms with E-state index < -0.39 is 0 Å². The van der Waals surface area contributed by atoms with Crippen LogP contribution >= 0.6 is 15.9 Å². The van der Waals surface area contributed by atoms with Gasteiger partial charge in [-0.1, -0.05) is 0 Å². The number of carbonyl (C=O) groups excluding carboxylic acids is 1. The van der Waals surface area contributed by atoms with Gasteiger partial charge in [0, 0.05) is 6.54 Å². The molecule has 1 aliphatic heterocycles. The van der Waals surface area contributed by atoms with Gasteiger partial charge in [0.25, 0.3) is 5.91 Å². The largest absolute Gasteiger partial charge is 0.381 e. The minimum Gasteiger partial charge on any atom is -0.381 e. The SMILES string of the molecule is Nc1nn2c(c1Br)C(=O)NCC2. The standard InChI is InChI=1S/C6H7BrN4O/c7-3-4-6(12)9-1-2-11(4)10-5(3)8/h1-2H2,(H2,8,10)(H,9,12). The lowest BCUT2D eigenvalue weighted by Crippen LogP contribution is -2.35. The number of fused-ring (bicyclic) bond motifs is 1. The molecule has 6 heteroatoms. The summed E-state index contributed by atoms with van der Waals surface area (Å²) in [6.45, 7) is 1.29. The molecule has 0 bridgehead atoms. The highest BCUT2D eigenvalue weighted by molar-refractivity contribution is 9.10. The van der Waals surface area contributed by atoms with Crippen LogP contribution < -0.4 is 11.1 Å². The Balaban J connectivity index is 2.61. The van der Waals surface area contributed by atoms with Crippen molar-refractivity contribution in [3.8, 4) is 0 Å². The molecule has 0 fully saturated rings. The van der Waals surface area contributed by atoms with Crippen LogP contribution in [0.15, 0.2) is 4.47 Å². The van der Waals surface area contributed by atoms with E-state index in [9.17, 15) is 4.79 Å². The fraction of sp³-hybridized carbons (Fsp3) is 0.333. The molecule has 0 spiro atoms. The summed E-state index contributed by atoms with van der Waals surface area (Å²) in [5.74, 6) is 0.236. The molecule has 0 unspecified atom stereocenters. The highest BCUT2D eigenvalue weighted by atomic mass is 79.9. The maximum Gasteiger partial charge on any atom is 0.270 e. The predicted molar refractivity (Wildman–Crippen MR) is 46.7 cm³/mol. The highest BCUT2D eigenvalue weighted by Gasteiger charge is 2.23. The third-order valence-electron chi connectivity index (χ3n) is 1.74. The summed E-state index contributed by atoms with van der Waals surface area (Å²) in [5, 5.41) is 6.69. The molecule has 0 aliphatic carbocycles.